The Balaban J connectivity index is 1.84. The average molecular weight is 261 g/mol. The molecule has 3 rings (SSSR count). The Morgan fingerprint density at radius 3 is 3.05 bits per heavy atom. The van der Waals surface area contributed by atoms with Crippen molar-refractivity contribution in [3.8, 4) is 11.4 Å². The second-order valence-corrected chi connectivity index (χ2v) is 5.13. The van der Waals surface area contributed by atoms with E-state index in [1.165, 1.54) is 0 Å². The molecule has 1 saturated heterocycles. The summed E-state index contributed by atoms with van der Waals surface area (Å²) in [6.07, 6.45) is 5.84. The number of nitrogens with zero attached hydrogens (tertiary/aromatic N) is 5. The lowest BCUT2D eigenvalue weighted by molar-refractivity contribution is 0.416. The van der Waals surface area contributed by atoms with E-state index in [0.717, 1.165) is 36.7 Å². The smallest absolute Gasteiger partial charge is 0.245 e. The standard InChI is InChI=1S/C12H19N7/c1-8-10(13)4-3-5-19(8)12-15-11(16-17-12)9-6-14-18(2)7-9/h6-8,10H,3-5,13H2,1-2H3,(H,15,16,17). The summed E-state index contributed by atoms with van der Waals surface area (Å²) in [4.78, 5) is 6.72. The summed E-state index contributed by atoms with van der Waals surface area (Å²) in [5, 5.41) is 11.4. The van der Waals surface area contributed by atoms with Gasteiger partial charge in [0.05, 0.1) is 11.8 Å². The maximum absolute atomic E-state index is 6.11. The van der Waals surface area contributed by atoms with Gasteiger partial charge in [-0.1, -0.05) is 0 Å². The van der Waals surface area contributed by atoms with Crippen molar-refractivity contribution in [2.24, 2.45) is 12.8 Å². The van der Waals surface area contributed by atoms with Crippen molar-refractivity contribution in [2.45, 2.75) is 31.8 Å². The maximum atomic E-state index is 6.11. The van der Waals surface area contributed by atoms with Crippen molar-refractivity contribution in [3.63, 3.8) is 0 Å². The van der Waals surface area contributed by atoms with Crippen molar-refractivity contribution in [2.75, 3.05) is 11.4 Å². The lowest BCUT2D eigenvalue weighted by atomic mass is 9.99. The summed E-state index contributed by atoms with van der Waals surface area (Å²) in [5.74, 6) is 1.47. The first-order chi connectivity index (χ1) is 9.15. The minimum Gasteiger partial charge on any atom is -0.335 e. The number of rotatable bonds is 2. The van der Waals surface area contributed by atoms with Gasteiger partial charge in [-0.2, -0.15) is 10.1 Å². The zero-order chi connectivity index (χ0) is 13.4. The van der Waals surface area contributed by atoms with Crippen molar-refractivity contribution >= 4 is 5.95 Å². The van der Waals surface area contributed by atoms with E-state index in [1.54, 1.807) is 10.9 Å². The number of anilines is 1. The molecule has 19 heavy (non-hydrogen) atoms. The van der Waals surface area contributed by atoms with E-state index < -0.39 is 0 Å². The summed E-state index contributed by atoms with van der Waals surface area (Å²) in [6, 6.07) is 0.459. The highest BCUT2D eigenvalue weighted by Gasteiger charge is 2.27. The Morgan fingerprint density at radius 2 is 2.32 bits per heavy atom. The lowest BCUT2D eigenvalue weighted by Crippen LogP contribution is -2.50. The van der Waals surface area contributed by atoms with Crippen LogP contribution in [0.1, 0.15) is 19.8 Å². The molecule has 1 fully saturated rings. The highest BCUT2D eigenvalue weighted by atomic mass is 15.4. The van der Waals surface area contributed by atoms with Gasteiger partial charge in [0.2, 0.25) is 5.95 Å². The van der Waals surface area contributed by atoms with Gasteiger partial charge < -0.3 is 10.6 Å². The van der Waals surface area contributed by atoms with Crippen LogP contribution in [-0.4, -0.2) is 43.6 Å². The molecule has 102 valence electrons. The maximum Gasteiger partial charge on any atom is 0.245 e. The topological polar surface area (TPSA) is 88.6 Å². The van der Waals surface area contributed by atoms with Gasteiger partial charge in [0.1, 0.15) is 0 Å². The molecule has 3 N–H and O–H groups in total. The summed E-state index contributed by atoms with van der Waals surface area (Å²) in [7, 11) is 1.88. The van der Waals surface area contributed by atoms with Gasteiger partial charge in [-0.15, -0.1) is 5.10 Å². The van der Waals surface area contributed by atoms with Gasteiger partial charge in [0, 0.05) is 31.9 Å². The minimum absolute atomic E-state index is 0.189. The number of nitrogens with two attached hydrogens (primary N) is 1. The van der Waals surface area contributed by atoms with Crippen LogP contribution in [0.3, 0.4) is 0 Å². The molecular weight excluding hydrogens is 242 g/mol. The number of piperidine rings is 1. The Labute approximate surface area is 111 Å². The average Bonchev–Trinajstić information content (AvgIpc) is 3.01. The van der Waals surface area contributed by atoms with Crippen LogP contribution in [-0.2, 0) is 7.05 Å². The third kappa shape index (κ3) is 2.21. The molecule has 0 radical (unpaired) electrons. The van der Waals surface area contributed by atoms with Gasteiger partial charge in [-0.3, -0.25) is 9.78 Å². The zero-order valence-corrected chi connectivity index (χ0v) is 11.2. The van der Waals surface area contributed by atoms with E-state index in [1.807, 2.05) is 13.2 Å². The first-order valence-corrected chi connectivity index (χ1v) is 6.59. The van der Waals surface area contributed by atoms with Crippen LogP contribution in [0.4, 0.5) is 5.95 Å². The molecule has 0 bridgehead atoms. The van der Waals surface area contributed by atoms with Crippen LogP contribution in [0.25, 0.3) is 11.4 Å². The normalized spacial score (nSPS) is 23.8. The molecule has 3 heterocycles. The molecule has 2 aromatic heterocycles. The number of aromatic nitrogens is 5. The molecule has 0 saturated carbocycles. The van der Waals surface area contributed by atoms with Crippen LogP contribution < -0.4 is 10.6 Å². The van der Waals surface area contributed by atoms with E-state index in [2.05, 4.69) is 32.1 Å². The highest BCUT2D eigenvalue weighted by Crippen LogP contribution is 2.23. The van der Waals surface area contributed by atoms with Crippen LogP contribution in [0, 0.1) is 0 Å². The SMILES string of the molecule is CC1C(N)CCCN1c1n[nH]c(-c2cnn(C)c2)n1. The van der Waals surface area contributed by atoms with Crippen molar-refractivity contribution in [3.05, 3.63) is 12.4 Å². The van der Waals surface area contributed by atoms with Gasteiger partial charge in [0.15, 0.2) is 5.82 Å². The minimum atomic E-state index is 0.189. The second kappa shape index (κ2) is 4.65. The number of hydrogen-bond acceptors (Lipinski definition) is 5. The first-order valence-electron chi connectivity index (χ1n) is 6.59. The monoisotopic (exact) mass is 261 g/mol. The van der Waals surface area contributed by atoms with E-state index in [4.69, 9.17) is 5.73 Å². The van der Waals surface area contributed by atoms with E-state index in [-0.39, 0.29) is 12.1 Å². The molecule has 2 aromatic rings. The fraction of sp³-hybridized carbons (Fsp3) is 0.583. The molecule has 1 aliphatic heterocycles. The molecule has 2 atom stereocenters. The third-order valence-corrected chi connectivity index (χ3v) is 3.76. The lowest BCUT2D eigenvalue weighted by Gasteiger charge is -2.36. The first kappa shape index (κ1) is 12.2. The van der Waals surface area contributed by atoms with Crippen molar-refractivity contribution in [1.29, 1.82) is 0 Å². The van der Waals surface area contributed by atoms with E-state index in [0.29, 0.717) is 0 Å². The number of aromatic amines is 1. The van der Waals surface area contributed by atoms with E-state index >= 15 is 0 Å². The van der Waals surface area contributed by atoms with Crippen LogP contribution >= 0.6 is 0 Å². The molecule has 1 aliphatic rings. The quantitative estimate of drug-likeness (QED) is 0.822. The van der Waals surface area contributed by atoms with Gasteiger partial charge >= 0.3 is 0 Å². The zero-order valence-electron chi connectivity index (χ0n) is 11.2. The predicted octanol–water partition coefficient (Wildman–Crippen LogP) is 0.521. The number of nitrogens with one attached hydrogen (secondary N) is 1. The number of aryl methyl sites for hydroxylation is 1. The molecule has 7 heteroatoms. The molecule has 7 nitrogen and oxygen atoms in total. The Morgan fingerprint density at radius 1 is 1.47 bits per heavy atom. The fourth-order valence-electron chi connectivity index (χ4n) is 2.51. The summed E-state index contributed by atoms with van der Waals surface area (Å²) in [6.45, 7) is 3.09. The van der Waals surface area contributed by atoms with Gasteiger partial charge in [-0.25, -0.2) is 0 Å². The second-order valence-electron chi connectivity index (χ2n) is 5.13. The molecular formula is C12H19N7. The third-order valence-electron chi connectivity index (χ3n) is 3.76. The highest BCUT2D eigenvalue weighted by molar-refractivity contribution is 5.54. The largest absolute Gasteiger partial charge is 0.335 e. The summed E-state index contributed by atoms with van der Waals surface area (Å²) in [5.41, 5.74) is 7.05. The number of H-pyrrole nitrogens is 1. The van der Waals surface area contributed by atoms with Gasteiger partial charge in [-0.05, 0) is 19.8 Å². The molecule has 0 aliphatic carbocycles. The van der Waals surface area contributed by atoms with Gasteiger partial charge in [0.25, 0.3) is 0 Å². The fourth-order valence-corrected chi connectivity index (χ4v) is 2.51. The van der Waals surface area contributed by atoms with E-state index in [9.17, 15) is 0 Å². The summed E-state index contributed by atoms with van der Waals surface area (Å²) < 4.78 is 1.75. The Kier molecular flexibility index (Phi) is 2.98. The molecule has 0 aromatic carbocycles. The Bertz CT molecular complexity index is 558. The van der Waals surface area contributed by atoms with Crippen molar-refractivity contribution in [1.82, 2.24) is 25.0 Å². The van der Waals surface area contributed by atoms with Crippen molar-refractivity contribution < 1.29 is 0 Å². The molecule has 2 unspecified atom stereocenters. The van der Waals surface area contributed by atoms with Crippen LogP contribution in [0.5, 0.6) is 0 Å². The van der Waals surface area contributed by atoms with Crippen LogP contribution in [0.15, 0.2) is 12.4 Å². The molecule has 0 amide bonds. The summed E-state index contributed by atoms with van der Waals surface area (Å²) >= 11 is 0. The number of hydrogen-bond donors (Lipinski definition) is 2. The Hall–Kier alpha value is -1.89. The van der Waals surface area contributed by atoms with Crippen LogP contribution in [0.2, 0.25) is 0 Å². The molecule has 0 spiro atoms. The predicted molar refractivity (Wildman–Crippen MR) is 72.6 cm³/mol.